The zero-order valence-electron chi connectivity index (χ0n) is 10.2. The molecule has 3 heteroatoms. The van der Waals surface area contributed by atoms with Crippen LogP contribution in [0.25, 0.3) is 0 Å². The Morgan fingerprint density at radius 3 is 2.12 bits per heavy atom. The molecule has 0 bridgehead atoms. The first kappa shape index (κ1) is 15.4. The van der Waals surface area contributed by atoms with Gasteiger partial charge >= 0.3 is 0 Å². The number of hydrogen-bond donors (Lipinski definition) is 2. The van der Waals surface area contributed by atoms with E-state index in [2.05, 4.69) is 32.0 Å². The fraction of sp³-hybridized carbons (Fsp3) is 0.538. The second-order valence-corrected chi connectivity index (χ2v) is 4.31. The van der Waals surface area contributed by atoms with Crippen molar-refractivity contribution in [2.24, 2.45) is 11.5 Å². The molecular weight excluding hydrogens is 220 g/mol. The van der Waals surface area contributed by atoms with Crippen LogP contribution in [0.4, 0.5) is 0 Å². The fourth-order valence-electron chi connectivity index (χ4n) is 1.90. The van der Waals surface area contributed by atoms with E-state index >= 15 is 0 Å². The molecule has 0 fully saturated rings. The Morgan fingerprint density at radius 2 is 1.62 bits per heavy atom. The number of aryl methyl sites for hydroxylation is 2. The number of nitrogens with two attached hydrogens (primary N) is 2. The lowest BCUT2D eigenvalue weighted by atomic mass is 9.98. The molecule has 0 aliphatic rings. The third-order valence-electron chi connectivity index (χ3n) is 2.64. The summed E-state index contributed by atoms with van der Waals surface area (Å²) in [5, 5.41) is 0. The molecular formula is C13H23ClN2. The van der Waals surface area contributed by atoms with Crippen molar-refractivity contribution >= 4 is 12.4 Å². The average Bonchev–Trinajstić information content (AvgIpc) is 2.16. The zero-order chi connectivity index (χ0) is 11.3. The summed E-state index contributed by atoms with van der Waals surface area (Å²) in [5.41, 5.74) is 15.4. The van der Waals surface area contributed by atoms with E-state index in [0.717, 1.165) is 25.8 Å². The minimum atomic E-state index is 0. The molecule has 1 aromatic carbocycles. The molecule has 0 aliphatic heterocycles. The van der Waals surface area contributed by atoms with Gasteiger partial charge in [-0.2, -0.15) is 0 Å². The van der Waals surface area contributed by atoms with Crippen LogP contribution < -0.4 is 11.5 Å². The normalized spacial score (nSPS) is 12.0. The number of unbranched alkanes of at least 4 members (excludes halogenated alkanes) is 1. The highest BCUT2D eigenvalue weighted by Gasteiger charge is 2.06. The van der Waals surface area contributed by atoms with Gasteiger partial charge in [0.1, 0.15) is 0 Å². The van der Waals surface area contributed by atoms with Crippen molar-refractivity contribution < 1.29 is 0 Å². The van der Waals surface area contributed by atoms with E-state index in [4.69, 9.17) is 11.5 Å². The molecule has 0 aromatic heterocycles. The Hall–Kier alpha value is -0.570. The van der Waals surface area contributed by atoms with Crippen molar-refractivity contribution in [3.8, 4) is 0 Å². The summed E-state index contributed by atoms with van der Waals surface area (Å²) in [5.74, 6) is 0. The Labute approximate surface area is 105 Å². The van der Waals surface area contributed by atoms with Gasteiger partial charge in [0, 0.05) is 6.04 Å². The summed E-state index contributed by atoms with van der Waals surface area (Å²) in [4.78, 5) is 0. The molecule has 0 amide bonds. The van der Waals surface area contributed by atoms with Crippen LogP contribution >= 0.6 is 12.4 Å². The second kappa shape index (κ2) is 7.66. The molecule has 0 spiro atoms. The van der Waals surface area contributed by atoms with Gasteiger partial charge in [0.05, 0.1) is 0 Å². The maximum atomic E-state index is 6.13. The van der Waals surface area contributed by atoms with Crippen molar-refractivity contribution in [3.05, 3.63) is 34.9 Å². The average molecular weight is 243 g/mol. The number of hydrogen-bond acceptors (Lipinski definition) is 2. The maximum absolute atomic E-state index is 6.13. The maximum Gasteiger partial charge on any atom is 0.0295 e. The smallest absolute Gasteiger partial charge is 0.0295 e. The van der Waals surface area contributed by atoms with Gasteiger partial charge in [-0.25, -0.2) is 0 Å². The molecule has 1 atom stereocenters. The molecule has 0 saturated carbocycles. The highest BCUT2D eigenvalue weighted by molar-refractivity contribution is 5.85. The van der Waals surface area contributed by atoms with Crippen LogP contribution in [0, 0.1) is 13.8 Å². The summed E-state index contributed by atoms with van der Waals surface area (Å²) in [7, 11) is 0. The lowest BCUT2D eigenvalue weighted by molar-refractivity contribution is 0.590. The first-order valence-electron chi connectivity index (χ1n) is 5.67. The van der Waals surface area contributed by atoms with E-state index in [9.17, 15) is 0 Å². The summed E-state index contributed by atoms with van der Waals surface area (Å²) in [6.07, 6.45) is 3.21. The highest BCUT2D eigenvalue weighted by atomic mass is 35.5. The van der Waals surface area contributed by atoms with Gasteiger partial charge in [-0.05, 0) is 38.8 Å². The third-order valence-corrected chi connectivity index (χ3v) is 2.64. The van der Waals surface area contributed by atoms with Crippen LogP contribution in [0.15, 0.2) is 18.2 Å². The largest absolute Gasteiger partial charge is 0.330 e. The number of rotatable bonds is 5. The van der Waals surface area contributed by atoms with Crippen molar-refractivity contribution in [2.75, 3.05) is 6.54 Å². The fourth-order valence-corrected chi connectivity index (χ4v) is 1.90. The van der Waals surface area contributed by atoms with E-state index in [0.29, 0.717) is 0 Å². The molecule has 92 valence electrons. The van der Waals surface area contributed by atoms with Crippen LogP contribution in [0.1, 0.15) is 42.0 Å². The Balaban J connectivity index is 0.00000225. The van der Waals surface area contributed by atoms with Gasteiger partial charge in [0.2, 0.25) is 0 Å². The van der Waals surface area contributed by atoms with Crippen LogP contribution in [0.2, 0.25) is 0 Å². The summed E-state index contributed by atoms with van der Waals surface area (Å²) in [6.45, 7) is 4.99. The predicted molar refractivity (Wildman–Crippen MR) is 73.0 cm³/mol. The van der Waals surface area contributed by atoms with Gasteiger partial charge in [-0.15, -0.1) is 12.4 Å². The van der Waals surface area contributed by atoms with Crippen LogP contribution in [-0.4, -0.2) is 6.54 Å². The monoisotopic (exact) mass is 242 g/mol. The molecule has 16 heavy (non-hydrogen) atoms. The van der Waals surface area contributed by atoms with Crippen molar-refractivity contribution in [2.45, 2.75) is 39.2 Å². The van der Waals surface area contributed by atoms with E-state index in [1.165, 1.54) is 16.7 Å². The summed E-state index contributed by atoms with van der Waals surface area (Å²) in [6, 6.07) is 6.70. The van der Waals surface area contributed by atoms with Crippen LogP contribution in [-0.2, 0) is 0 Å². The summed E-state index contributed by atoms with van der Waals surface area (Å²) < 4.78 is 0. The highest BCUT2D eigenvalue weighted by Crippen LogP contribution is 2.19. The standard InChI is InChI=1S/C13H22N2.ClH/c1-10-7-11(2)9-12(8-10)13(15)5-3-4-6-14;/h7-9,13H,3-6,14-15H2,1-2H3;1H/t13-;/m0./s1. The van der Waals surface area contributed by atoms with Crippen molar-refractivity contribution in [1.29, 1.82) is 0 Å². The molecule has 0 saturated heterocycles. The van der Waals surface area contributed by atoms with Crippen molar-refractivity contribution in [3.63, 3.8) is 0 Å². The Bertz CT molecular complexity index is 293. The SMILES string of the molecule is Cc1cc(C)cc([C@@H](N)CCCCN)c1.Cl. The number of benzene rings is 1. The van der Waals surface area contributed by atoms with E-state index in [1.807, 2.05) is 0 Å². The zero-order valence-corrected chi connectivity index (χ0v) is 11.0. The quantitative estimate of drug-likeness (QED) is 0.781. The minimum Gasteiger partial charge on any atom is -0.330 e. The molecule has 2 nitrogen and oxygen atoms in total. The molecule has 0 unspecified atom stereocenters. The topological polar surface area (TPSA) is 52.0 Å². The first-order valence-corrected chi connectivity index (χ1v) is 5.67. The lowest BCUT2D eigenvalue weighted by Gasteiger charge is -2.13. The molecule has 1 aromatic rings. The first-order chi connectivity index (χ1) is 7.13. The third kappa shape index (κ3) is 4.97. The van der Waals surface area contributed by atoms with Crippen molar-refractivity contribution in [1.82, 2.24) is 0 Å². The van der Waals surface area contributed by atoms with Gasteiger partial charge in [0.15, 0.2) is 0 Å². The van der Waals surface area contributed by atoms with Gasteiger partial charge < -0.3 is 11.5 Å². The van der Waals surface area contributed by atoms with Gasteiger partial charge in [-0.1, -0.05) is 35.7 Å². The second-order valence-electron chi connectivity index (χ2n) is 4.31. The van der Waals surface area contributed by atoms with E-state index < -0.39 is 0 Å². The molecule has 0 heterocycles. The van der Waals surface area contributed by atoms with Gasteiger partial charge in [-0.3, -0.25) is 0 Å². The van der Waals surface area contributed by atoms with E-state index in [1.54, 1.807) is 0 Å². The lowest BCUT2D eigenvalue weighted by Crippen LogP contribution is -2.11. The molecule has 0 radical (unpaired) electrons. The minimum absolute atomic E-state index is 0. The van der Waals surface area contributed by atoms with Crippen LogP contribution in [0.3, 0.4) is 0 Å². The van der Waals surface area contributed by atoms with Gasteiger partial charge in [0.25, 0.3) is 0 Å². The summed E-state index contributed by atoms with van der Waals surface area (Å²) >= 11 is 0. The molecule has 1 rings (SSSR count). The Morgan fingerprint density at radius 1 is 1.06 bits per heavy atom. The van der Waals surface area contributed by atoms with Crippen LogP contribution in [0.5, 0.6) is 0 Å². The Kier molecular flexibility index (Phi) is 7.39. The van der Waals surface area contributed by atoms with E-state index in [-0.39, 0.29) is 18.4 Å². The number of halogens is 1. The predicted octanol–water partition coefficient (Wildman–Crippen LogP) is 2.85. The molecule has 0 aliphatic carbocycles. The molecule has 4 N–H and O–H groups in total.